The number of hydrogen-bond donors (Lipinski definition) is 2. The standard InChI is InChI=1S/C46H42N4O4/c1-51-39-21-13-35(14-22-39)49(36-15-23-40(52-2)24-16-36)33-9-5-31(6-10-33)43-29-45(47)46(48)30-44(43)32-7-11-34(12-8-32)50(37-17-25-41(53-3)26-18-37)38-19-27-42(54-4)28-20-38/h5-30H,47-48H2,1-4H3. The second-order valence-corrected chi connectivity index (χ2v) is 12.6. The van der Waals surface area contributed by atoms with Gasteiger partial charge in [-0.05, 0) is 156 Å². The van der Waals surface area contributed by atoms with E-state index < -0.39 is 0 Å². The molecular weight excluding hydrogens is 673 g/mol. The van der Waals surface area contributed by atoms with E-state index in [-0.39, 0.29) is 0 Å². The molecule has 0 spiro atoms. The Morgan fingerprint density at radius 1 is 0.315 bits per heavy atom. The summed E-state index contributed by atoms with van der Waals surface area (Å²) in [5.74, 6) is 3.16. The zero-order valence-corrected chi connectivity index (χ0v) is 30.7. The highest BCUT2D eigenvalue weighted by molar-refractivity contribution is 5.91. The Kier molecular flexibility index (Phi) is 10.3. The van der Waals surface area contributed by atoms with Gasteiger partial charge < -0.3 is 40.2 Å². The van der Waals surface area contributed by atoms with Gasteiger partial charge in [0.05, 0.1) is 39.8 Å². The topological polar surface area (TPSA) is 95.4 Å². The molecule has 0 amide bonds. The highest BCUT2D eigenvalue weighted by atomic mass is 16.5. The Bertz CT molecular complexity index is 2050. The molecule has 0 aliphatic rings. The van der Waals surface area contributed by atoms with Crippen molar-refractivity contribution in [3.63, 3.8) is 0 Å². The van der Waals surface area contributed by atoms with Crippen molar-refractivity contribution in [3.05, 3.63) is 158 Å². The van der Waals surface area contributed by atoms with Gasteiger partial charge in [0.2, 0.25) is 0 Å². The summed E-state index contributed by atoms with van der Waals surface area (Å²) >= 11 is 0. The lowest BCUT2D eigenvalue weighted by Crippen LogP contribution is -2.10. The maximum atomic E-state index is 6.44. The van der Waals surface area contributed by atoms with Crippen molar-refractivity contribution in [2.24, 2.45) is 0 Å². The summed E-state index contributed by atoms with van der Waals surface area (Å²) in [6.45, 7) is 0. The van der Waals surface area contributed by atoms with Gasteiger partial charge in [-0.1, -0.05) is 24.3 Å². The molecule has 0 unspecified atom stereocenters. The van der Waals surface area contributed by atoms with Crippen LogP contribution in [-0.4, -0.2) is 28.4 Å². The second-order valence-electron chi connectivity index (χ2n) is 12.6. The molecule has 0 saturated heterocycles. The van der Waals surface area contributed by atoms with Crippen molar-refractivity contribution < 1.29 is 18.9 Å². The van der Waals surface area contributed by atoms with Gasteiger partial charge in [0.1, 0.15) is 23.0 Å². The minimum absolute atomic E-state index is 0.526. The van der Waals surface area contributed by atoms with E-state index in [0.717, 1.165) is 79.4 Å². The van der Waals surface area contributed by atoms with Crippen LogP contribution in [0.5, 0.6) is 23.0 Å². The van der Waals surface area contributed by atoms with E-state index >= 15 is 0 Å². The molecule has 0 bridgehead atoms. The van der Waals surface area contributed by atoms with Crippen LogP contribution in [0.4, 0.5) is 45.5 Å². The van der Waals surface area contributed by atoms with Crippen molar-refractivity contribution >= 4 is 45.5 Å². The Hall–Kier alpha value is -7.06. The molecule has 7 aromatic carbocycles. The highest BCUT2D eigenvalue weighted by Crippen LogP contribution is 2.42. The third-order valence-corrected chi connectivity index (χ3v) is 9.42. The summed E-state index contributed by atoms with van der Waals surface area (Å²) in [6.07, 6.45) is 0. The predicted molar refractivity (Wildman–Crippen MR) is 222 cm³/mol. The summed E-state index contributed by atoms with van der Waals surface area (Å²) in [4.78, 5) is 4.38. The zero-order chi connectivity index (χ0) is 37.6. The van der Waals surface area contributed by atoms with Crippen molar-refractivity contribution in [1.29, 1.82) is 0 Å². The van der Waals surface area contributed by atoms with Crippen molar-refractivity contribution in [1.82, 2.24) is 0 Å². The smallest absolute Gasteiger partial charge is 0.119 e. The minimum Gasteiger partial charge on any atom is -0.497 e. The number of anilines is 8. The quantitative estimate of drug-likeness (QED) is 0.121. The van der Waals surface area contributed by atoms with Crippen LogP contribution in [0.3, 0.4) is 0 Å². The normalized spacial score (nSPS) is 10.7. The number of nitrogen functional groups attached to an aromatic ring is 2. The number of benzene rings is 7. The second kappa shape index (κ2) is 15.7. The molecule has 0 fully saturated rings. The third kappa shape index (κ3) is 7.31. The molecule has 0 heterocycles. The van der Waals surface area contributed by atoms with Gasteiger partial charge in [0.15, 0.2) is 0 Å². The van der Waals surface area contributed by atoms with Gasteiger partial charge in [-0.15, -0.1) is 0 Å². The van der Waals surface area contributed by atoms with E-state index in [4.69, 9.17) is 30.4 Å². The number of ether oxygens (including phenoxy) is 4. The van der Waals surface area contributed by atoms with E-state index in [9.17, 15) is 0 Å². The van der Waals surface area contributed by atoms with Crippen LogP contribution in [0.25, 0.3) is 22.3 Å². The van der Waals surface area contributed by atoms with Crippen LogP contribution in [-0.2, 0) is 0 Å². The van der Waals surface area contributed by atoms with Crippen LogP contribution < -0.4 is 40.2 Å². The van der Waals surface area contributed by atoms with E-state index in [1.165, 1.54) is 0 Å². The molecule has 0 saturated carbocycles. The van der Waals surface area contributed by atoms with Gasteiger partial charge in [-0.25, -0.2) is 0 Å². The van der Waals surface area contributed by atoms with Gasteiger partial charge in [-0.3, -0.25) is 0 Å². The Labute approximate surface area is 316 Å². The van der Waals surface area contributed by atoms with E-state index in [1.54, 1.807) is 28.4 Å². The van der Waals surface area contributed by atoms with E-state index in [2.05, 4.69) is 58.3 Å². The molecule has 0 atom stereocenters. The molecule has 4 N–H and O–H groups in total. The minimum atomic E-state index is 0.526. The van der Waals surface area contributed by atoms with E-state index in [1.807, 2.05) is 109 Å². The maximum absolute atomic E-state index is 6.44. The molecule has 8 heteroatoms. The monoisotopic (exact) mass is 714 g/mol. The molecule has 270 valence electrons. The van der Waals surface area contributed by atoms with Crippen molar-refractivity contribution in [2.45, 2.75) is 0 Å². The molecule has 0 aliphatic heterocycles. The Morgan fingerprint density at radius 2 is 0.519 bits per heavy atom. The molecule has 0 aliphatic carbocycles. The lowest BCUT2D eigenvalue weighted by molar-refractivity contribution is 0.414. The van der Waals surface area contributed by atoms with Gasteiger partial charge in [-0.2, -0.15) is 0 Å². The first kappa shape index (κ1) is 35.3. The summed E-state index contributed by atoms with van der Waals surface area (Å²) in [6, 6.07) is 52.9. The molecular formula is C46H42N4O4. The summed E-state index contributed by atoms with van der Waals surface area (Å²) in [5.41, 5.74) is 23.8. The predicted octanol–water partition coefficient (Wildman–Crippen LogP) is 11.2. The molecule has 7 aromatic rings. The number of methoxy groups -OCH3 is 4. The fraction of sp³-hybridized carbons (Fsp3) is 0.0870. The third-order valence-electron chi connectivity index (χ3n) is 9.42. The van der Waals surface area contributed by atoms with Gasteiger partial charge in [0, 0.05) is 34.1 Å². The largest absolute Gasteiger partial charge is 0.497 e. The van der Waals surface area contributed by atoms with Gasteiger partial charge >= 0.3 is 0 Å². The van der Waals surface area contributed by atoms with Crippen molar-refractivity contribution in [3.8, 4) is 45.3 Å². The van der Waals surface area contributed by atoms with Crippen LogP contribution >= 0.6 is 0 Å². The summed E-state index contributed by atoms with van der Waals surface area (Å²) < 4.78 is 21.7. The number of nitrogens with zero attached hydrogens (tertiary/aromatic N) is 2. The average molecular weight is 715 g/mol. The molecule has 0 aromatic heterocycles. The lowest BCUT2D eigenvalue weighted by Gasteiger charge is -2.26. The molecule has 54 heavy (non-hydrogen) atoms. The Balaban J connectivity index is 1.25. The molecule has 8 nitrogen and oxygen atoms in total. The fourth-order valence-corrected chi connectivity index (χ4v) is 6.51. The van der Waals surface area contributed by atoms with Crippen molar-refractivity contribution in [2.75, 3.05) is 49.7 Å². The molecule has 7 rings (SSSR count). The number of hydrogen-bond acceptors (Lipinski definition) is 8. The first-order valence-corrected chi connectivity index (χ1v) is 17.5. The maximum Gasteiger partial charge on any atom is 0.119 e. The molecule has 0 radical (unpaired) electrons. The highest BCUT2D eigenvalue weighted by Gasteiger charge is 2.17. The summed E-state index contributed by atoms with van der Waals surface area (Å²) in [5, 5.41) is 0. The zero-order valence-electron chi connectivity index (χ0n) is 30.7. The van der Waals surface area contributed by atoms with Crippen LogP contribution in [0.1, 0.15) is 0 Å². The van der Waals surface area contributed by atoms with Crippen LogP contribution in [0.15, 0.2) is 158 Å². The van der Waals surface area contributed by atoms with Crippen LogP contribution in [0.2, 0.25) is 0 Å². The number of rotatable bonds is 12. The first-order valence-electron chi connectivity index (χ1n) is 17.5. The fourth-order valence-electron chi connectivity index (χ4n) is 6.51. The average Bonchev–Trinajstić information content (AvgIpc) is 3.23. The van der Waals surface area contributed by atoms with Gasteiger partial charge in [0.25, 0.3) is 0 Å². The summed E-state index contributed by atoms with van der Waals surface area (Å²) in [7, 11) is 6.67. The Morgan fingerprint density at radius 3 is 0.722 bits per heavy atom. The van der Waals surface area contributed by atoms with E-state index in [0.29, 0.717) is 11.4 Å². The SMILES string of the molecule is COc1ccc(N(c2ccc(OC)cc2)c2ccc(-c3cc(N)c(N)cc3-c3ccc(N(c4ccc(OC)cc4)c4ccc(OC)cc4)cc3)cc2)cc1. The van der Waals surface area contributed by atoms with Crippen LogP contribution in [0, 0.1) is 0 Å². The number of nitrogens with two attached hydrogens (primary N) is 2. The first-order chi connectivity index (χ1) is 26.4. The lowest BCUT2D eigenvalue weighted by atomic mass is 9.93.